The van der Waals surface area contributed by atoms with Gasteiger partial charge >= 0.3 is 0 Å². The Labute approximate surface area is 130 Å². The van der Waals surface area contributed by atoms with Gasteiger partial charge in [0, 0.05) is 18.9 Å². The molecule has 0 aliphatic heterocycles. The molecule has 0 bridgehead atoms. The van der Waals surface area contributed by atoms with Gasteiger partial charge in [-0.1, -0.05) is 37.1 Å². The molecule has 1 saturated carbocycles. The van der Waals surface area contributed by atoms with Gasteiger partial charge in [-0.25, -0.2) is 0 Å². The molecule has 0 atom stereocenters. The van der Waals surface area contributed by atoms with E-state index in [2.05, 4.69) is 22.5 Å². The maximum atomic E-state index is 12.2. The van der Waals surface area contributed by atoms with Crippen molar-refractivity contribution in [3.8, 4) is 0 Å². The Balaban J connectivity index is 1.54. The summed E-state index contributed by atoms with van der Waals surface area (Å²) in [5.41, 5.74) is 7.76. The molecule has 0 saturated heterocycles. The summed E-state index contributed by atoms with van der Waals surface area (Å²) in [6, 6.07) is 10.1. The van der Waals surface area contributed by atoms with Gasteiger partial charge in [0.25, 0.3) is 0 Å². The topological polar surface area (TPSA) is 72.9 Å². The van der Waals surface area contributed by atoms with Crippen LogP contribution < -0.4 is 11.1 Å². The summed E-state index contributed by atoms with van der Waals surface area (Å²) >= 11 is 0. The van der Waals surface area contributed by atoms with E-state index in [4.69, 9.17) is 5.73 Å². The van der Waals surface area contributed by atoms with Crippen molar-refractivity contribution in [2.24, 2.45) is 5.73 Å². The summed E-state index contributed by atoms with van der Waals surface area (Å²) in [6.07, 6.45) is 7.40. The Hall–Kier alpha value is -2.14. The number of nitrogens with one attached hydrogen (secondary N) is 1. The van der Waals surface area contributed by atoms with E-state index in [1.807, 2.05) is 29.1 Å². The normalized spacial score (nSPS) is 16.6. The summed E-state index contributed by atoms with van der Waals surface area (Å²) in [4.78, 5) is 12.2. The van der Waals surface area contributed by atoms with Gasteiger partial charge in [-0.15, -0.1) is 0 Å². The number of nitrogens with zero attached hydrogens (tertiary/aromatic N) is 2. The van der Waals surface area contributed by atoms with Crippen molar-refractivity contribution < 1.29 is 4.79 Å². The number of benzene rings is 1. The highest BCUT2D eigenvalue weighted by Crippen LogP contribution is 2.27. The van der Waals surface area contributed by atoms with Crippen LogP contribution in [0.1, 0.15) is 36.8 Å². The number of nitrogens with two attached hydrogens (primary N) is 1. The fraction of sp³-hybridized carbons (Fsp3) is 0.412. The van der Waals surface area contributed by atoms with Crippen LogP contribution in [-0.2, 0) is 17.9 Å². The molecular weight excluding hydrogens is 276 g/mol. The van der Waals surface area contributed by atoms with Crippen LogP contribution in [0.4, 0.5) is 0 Å². The summed E-state index contributed by atoms with van der Waals surface area (Å²) in [5.74, 6) is -0.0226. The van der Waals surface area contributed by atoms with E-state index < -0.39 is 5.54 Å². The molecule has 3 rings (SSSR count). The number of hydrogen-bond donors (Lipinski definition) is 2. The van der Waals surface area contributed by atoms with E-state index in [9.17, 15) is 4.79 Å². The SMILES string of the molecule is NC1(C(=O)NCc2ccc(Cn3cccn3)cc2)CCCC1. The van der Waals surface area contributed by atoms with Gasteiger partial charge in [0.15, 0.2) is 0 Å². The quantitative estimate of drug-likeness (QED) is 0.884. The number of carbonyl (C=O) groups is 1. The second-order valence-corrected chi connectivity index (χ2v) is 6.07. The van der Waals surface area contributed by atoms with E-state index in [0.717, 1.165) is 37.8 Å². The maximum Gasteiger partial charge on any atom is 0.240 e. The van der Waals surface area contributed by atoms with Crippen molar-refractivity contribution in [3.05, 3.63) is 53.9 Å². The molecule has 1 aliphatic rings. The Morgan fingerprint density at radius 1 is 1.23 bits per heavy atom. The fourth-order valence-corrected chi connectivity index (χ4v) is 2.93. The van der Waals surface area contributed by atoms with Gasteiger partial charge in [-0.05, 0) is 30.0 Å². The molecule has 2 aromatic rings. The standard InChI is InChI=1S/C17H22N4O/c18-17(8-1-2-9-17)16(22)19-12-14-4-6-15(7-5-14)13-21-11-3-10-20-21/h3-7,10-11H,1-2,8-9,12-13,18H2,(H,19,22). The molecule has 1 aliphatic carbocycles. The first-order chi connectivity index (χ1) is 10.7. The molecule has 5 heteroatoms. The zero-order valence-corrected chi connectivity index (χ0v) is 12.7. The Morgan fingerprint density at radius 3 is 2.55 bits per heavy atom. The monoisotopic (exact) mass is 298 g/mol. The lowest BCUT2D eigenvalue weighted by Crippen LogP contribution is -2.51. The van der Waals surface area contributed by atoms with Crippen molar-refractivity contribution in [1.29, 1.82) is 0 Å². The minimum Gasteiger partial charge on any atom is -0.350 e. The molecular formula is C17H22N4O. The average Bonchev–Trinajstić information content (AvgIpc) is 3.19. The molecule has 116 valence electrons. The molecule has 22 heavy (non-hydrogen) atoms. The first kappa shape index (κ1) is 14.8. The number of aromatic nitrogens is 2. The van der Waals surface area contributed by atoms with Crippen LogP contribution >= 0.6 is 0 Å². The lowest BCUT2D eigenvalue weighted by atomic mass is 9.98. The summed E-state index contributed by atoms with van der Waals surface area (Å²) in [6.45, 7) is 1.28. The van der Waals surface area contributed by atoms with Gasteiger partial charge < -0.3 is 11.1 Å². The number of hydrogen-bond acceptors (Lipinski definition) is 3. The summed E-state index contributed by atoms with van der Waals surface area (Å²) < 4.78 is 1.88. The predicted molar refractivity (Wildman–Crippen MR) is 85.0 cm³/mol. The predicted octanol–water partition coefficient (Wildman–Crippen LogP) is 1.82. The van der Waals surface area contributed by atoms with Crippen LogP contribution in [0.5, 0.6) is 0 Å². The smallest absolute Gasteiger partial charge is 0.240 e. The second-order valence-electron chi connectivity index (χ2n) is 6.07. The largest absolute Gasteiger partial charge is 0.350 e. The molecule has 1 aromatic heterocycles. The van der Waals surface area contributed by atoms with Gasteiger partial charge in [0.1, 0.15) is 0 Å². The summed E-state index contributed by atoms with van der Waals surface area (Å²) in [5, 5.41) is 7.16. The minimum atomic E-state index is -0.653. The van der Waals surface area contributed by atoms with Crippen molar-refractivity contribution in [1.82, 2.24) is 15.1 Å². The molecule has 1 aromatic carbocycles. The molecule has 0 spiro atoms. The molecule has 1 amide bonds. The fourth-order valence-electron chi connectivity index (χ4n) is 2.93. The van der Waals surface area contributed by atoms with Gasteiger partial charge in [-0.3, -0.25) is 9.48 Å². The zero-order chi connectivity index (χ0) is 15.4. The second kappa shape index (κ2) is 6.32. The highest BCUT2D eigenvalue weighted by molar-refractivity contribution is 5.86. The summed E-state index contributed by atoms with van der Waals surface area (Å²) in [7, 11) is 0. The first-order valence-corrected chi connectivity index (χ1v) is 7.78. The van der Waals surface area contributed by atoms with E-state index in [1.54, 1.807) is 6.20 Å². The number of rotatable bonds is 5. The van der Waals surface area contributed by atoms with Crippen LogP contribution in [-0.4, -0.2) is 21.2 Å². The van der Waals surface area contributed by atoms with Crippen molar-refractivity contribution in [2.75, 3.05) is 0 Å². The van der Waals surface area contributed by atoms with Crippen molar-refractivity contribution in [2.45, 2.75) is 44.3 Å². The number of amides is 1. The molecule has 3 N–H and O–H groups in total. The van der Waals surface area contributed by atoms with Gasteiger partial charge in [-0.2, -0.15) is 5.10 Å². The molecule has 5 nitrogen and oxygen atoms in total. The lowest BCUT2D eigenvalue weighted by Gasteiger charge is -2.22. The van der Waals surface area contributed by atoms with Crippen LogP contribution in [0.2, 0.25) is 0 Å². The molecule has 1 fully saturated rings. The van der Waals surface area contributed by atoms with Crippen molar-refractivity contribution in [3.63, 3.8) is 0 Å². The Bertz CT molecular complexity index is 613. The van der Waals surface area contributed by atoms with E-state index in [1.165, 1.54) is 5.56 Å². The zero-order valence-electron chi connectivity index (χ0n) is 12.7. The lowest BCUT2D eigenvalue weighted by molar-refractivity contribution is -0.126. The van der Waals surface area contributed by atoms with Crippen LogP contribution in [0, 0.1) is 0 Å². The maximum absolute atomic E-state index is 12.2. The molecule has 0 unspecified atom stereocenters. The van der Waals surface area contributed by atoms with Crippen molar-refractivity contribution >= 4 is 5.91 Å². The Kier molecular flexibility index (Phi) is 4.24. The van der Waals surface area contributed by atoms with E-state index in [-0.39, 0.29) is 5.91 Å². The van der Waals surface area contributed by atoms with Crippen LogP contribution in [0.3, 0.4) is 0 Å². The molecule has 1 heterocycles. The minimum absolute atomic E-state index is 0.0226. The third kappa shape index (κ3) is 3.36. The van der Waals surface area contributed by atoms with Gasteiger partial charge in [0.2, 0.25) is 5.91 Å². The third-order valence-corrected chi connectivity index (χ3v) is 4.33. The molecule has 0 radical (unpaired) electrons. The highest BCUT2D eigenvalue weighted by atomic mass is 16.2. The van der Waals surface area contributed by atoms with Crippen LogP contribution in [0.25, 0.3) is 0 Å². The average molecular weight is 298 g/mol. The van der Waals surface area contributed by atoms with E-state index >= 15 is 0 Å². The van der Waals surface area contributed by atoms with E-state index in [0.29, 0.717) is 6.54 Å². The number of carbonyl (C=O) groups excluding carboxylic acids is 1. The van der Waals surface area contributed by atoms with Crippen LogP contribution in [0.15, 0.2) is 42.7 Å². The van der Waals surface area contributed by atoms with Gasteiger partial charge in [0.05, 0.1) is 12.1 Å². The Morgan fingerprint density at radius 2 is 1.91 bits per heavy atom. The highest BCUT2D eigenvalue weighted by Gasteiger charge is 2.36. The third-order valence-electron chi connectivity index (χ3n) is 4.33. The first-order valence-electron chi connectivity index (χ1n) is 7.78.